The van der Waals surface area contributed by atoms with Gasteiger partial charge >= 0.3 is 12.1 Å². The van der Waals surface area contributed by atoms with Crippen molar-refractivity contribution in [3.05, 3.63) is 35.9 Å². The molecule has 166 valence electrons. The third kappa shape index (κ3) is 9.87. The Hall–Kier alpha value is -3.14. The predicted octanol–water partition coefficient (Wildman–Crippen LogP) is 0.223. The number of hydrogen-bond acceptors (Lipinski definition) is 7. The molecule has 0 heterocycles. The summed E-state index contributed by atoms with van der Waals surface area (Å²) in [7, 11) is 0. The number of esters is 1. The lowest BCUT2D eigenvalue weighted by Gasteiger charge is -2.20. The fourth-order valence-electron chi connectivity index (χ4n) is 2.50. The molecule has 3 amide bonds. The molecule has 0 aliphatic heterocycles. The van der Waals surface area contributed by atoms with Crippen LogP contribution in [0.1, 0.15) is 32.3 Å². The molecule has 0 radical (unpaired) electrons. The van der Waals surface area contributed by atoms with E-state index in [9.17, 15) is 24.3 Å². The van der Waals surface area contributed by atoms with E-state index < -0.39 is 41.9 Å². The molecule has 10 nitrogen and oxygen atoms in total. The molecule has 1 aromatic carbocycles. The summed E-state index contributed by atoms with van der Waals surface area (Å²) in [5.74, 6) is -2.61. The van der Waals surface area contributed by atoms with Gasteiger partial charge in [0.15, 0.2) is 0 Å². The zero-order chi connectivity index (χ0) is 22.5. The smallest absolute Gasteiger partial charge is 0.407 e. The molecule has 3 atom stereocenters. The van der Waals surface area contributed by atoms with Crippen molar-refractivity contribution in [3.63, 3.8) is 0 Å². The number of carbonyl (C=O) groups excluding carboxylic acids is 4. The average Bonchev–Trinajstić information content (AvgIpc) is 2.70. The molecule has 0 aliphatic carbocycles. The van der Waals surface area contributed by atoms with E-state index >= 15 is 0 Å². The van der Waals surface area contributed by atoms with Crippen LogP contribution in [0.15, 0.2) is 30.3 Å². The third-order valence-electron chi connectivity index (χ3n) is 4.07. The van der Waals surface area contributed by atoms with Crippen molar-refractivity contribution in [3.8, 4) is 0 Å². The summed E-state index contributed by atoms with van der Waals surface area (Å²) >= 11 is 0. The lowest BCUT2D eigenvalue weighted by Crippen LogP contribution is -2.47. The maximum absolute atomic E-state index is 12.1. The number of aliphatic hydroxyl groups excluding tert-OH is 1. The van der Waals surface area contributed by atoms with E-state index in [0.717, 1.165) is 5.56 Å². The van der Waals surface area contributed by atoms with Crippen molar-refractivity contribution in [2.45, 2.75) is 45.4 Å². The van der Waals surface area contributed by atoms with E-state index in [1.54, 1.807) is 26.0 Å². The SMILES string of the molecule is CCOC(=O)[C@@H](C)C[C@H](NC(=O)C[C@@H](O)CNC(=O)OCc1ccccc1)C(N)=O. The number of hydrogen-bond donors (Lipinski definition) is 4. The van der Waals surface area contributed by atoms with Gasteiger partial charge in [0.05, 0.1) is 25.0 Å². The fourth-order valence-corrected chi connectivity index (χ4v) is 2.50. The Bertz CT molecular complexity index is 712. The Morgan fingerprint density at radius 2 is 1.80 bits per heavy atom. The van der Waals surface area contributed by atoms with Gasteiger partial charge < -0.3 is 30.9 Å². The van der Waals surface area contributed by atoms with Crippen molar-refractivity contribution in [1.82, 2.24) is 10.6 Å². The summed E-state index contributed by atoms with van der Waals surface area (Å²) in [6.07, 6.45) is -2.35. The molecule has 0 bridgehead atoms. The molecule has 0 saturated heterocycles. The summed E-state index contributed by atoms with van der Waals surface area (Å²) < 4.78 is 9.86. The van der Waals surface area contributed by atoms with Crippen LogP contribution in [-0.2, 0) is 30.5 Å². The zero-order valence-electron chi connectivity index (χ0n) is 17.1. The molecule has 1 rings (SSSR count). The van der Waals surface area contributed by atoms with Crippen molar-refractivity contribution < 1.29 is 33.8 Å². The second-order valence-corrected chi connectivity index (χ2v) is 6.71. The standard InChI is InChI=1S/C20H29N3O7/c1-3-29-19(27)13(2)9-16(18(21)26)23-17(25)10-15(24)11-22-20(28)30-12-14-7-5-4-6-8-14/h4-8,13,15-16,24H,3,9-12H2,1-2H3,(H2,21,26)(H,22,28)(H,23,25)/t13-,15+,16-/m0/s1. The first-order valence-corrected chi connectivity index (χ1v) is 9.60. The minimum absolute atomic E-state index is 0.0277. The molecule has 10 heteroatoms. The van der Waals surface area contributed by atoms with Gasteiger partial charge in [-0.25, -0.2) is 4.79 Å². The predicted molar refractivity (Wildman–Crippen MR) is 107 cm³/mol. The number of nitrogens with two attached hydrogens (primary N) is 1. The van der Waals surface area contributed by atoms with Crippen LogP contribution >= 0.6 is 0 Å². The molecule has 0 aliphatic rings. The molecule has 30 heavy (non-hydrogen) atoms. The summed E-state index contributed by atoms with van der Waals surface area (Å²) in [4.78, 5) is 47.0. The number of carbonyl (C=O) groups is 4. The summed E-state index contributed by atoms with van der Waals surface area (Å²) in [6, 6.07) is 7.96. The normalized spacial score (nSPS) is 13.4. The Morgan fingerprint density at radius 1 is 1.13 bits per heavy atom. The molecule has 0 saturated carbocycles. The first-order valence-electron chi connectivity index (χ1n) is 9.60. The average molecular weight is 423 g/mol. The van der Waals surface area contributed by atoms with Crippen LogP contribution in [0.25, 0.3) is 0 Å². The maximum Gasteiger partial charge on any atom is 0.407 e. The second-order valence-electron chi connectivity index (χ2n) is 6.71. The molecule has 0 fully saturated rings. The molecular formula is C20H29N3O7. The van der Waals surface area contributed by atoms with Crippen molar-refractivity contribution in [2.75, 3.05) is 13.2 Å². The Balaban J connectivity index is 2.37. The number of primary amides is 1. The Morgan fingerprint density at radius 3 is 2.40 bits per heavy atom. The zero-order valence-corrected chi connectivity index (χ0v) is 17.1. The Kier molecular flexibility index (Phi) is 10.9. The van der Waals surface area contributed by atoms with Crippen LogP contribution in [0, 0.1) is 5.92 Å². The highest BCUT2D eigenvalue weighted by Gasteiger charge is 2.26. The molecule has 0 spiro atoms. The Labute approximate surface area is 175 Å². The highest BCUT2D eigenvalue weighted by atomic mass is 16.5. The fraction of sp³-hybridized carbons (Fsp3) is 0.500. The van der Waals surface area contributed by atoms with Gasteiger partial charge in [-0.05, 0) is 18.9 Å². The van der Waals surface area contributed by atoms with Crippen LogP contribution in [0.4, 0.5) is 4.79 Å². The van der Waals surface area contributed by atoms with E-state index in [1.165, 1.54) is 0 Å². The van der Waals surface area contributed by atoms with Crippen LogP contribution in [0.5, 0.6) is 0 Å². The third-order valence-corrected chi connectivity index (χ3v) is 4.07. The van der Waals surface area contributed by atoms with Gasteiger partial charge in [-0.2, -0.15) is 0 Å². The van der Waals surface area contributed by atoms with E-state index in [1.807, 2.05) is 18.2 Å². The van der Waals surface area contributed by atoms with E-state index in [2.05, 4.69) is 10.6 Å². The number of nitrogens with one attached hydrogen (secondary N) is 2. The highest BCUT2D eigenvalue weighted by molar-refractivity contribution is 5.87. The molecule has 5 N–H and O–H groups in total. The van der Waals surface area contributed by atoms with Crippen LogP contribution in [0.3, 0.4) is 0 Å². The summed E-state index contributed by atoms with van der Waals surface area (Å²) in [5.41, 5.74) is 6.08. The number of alkyl carbamates (subject to hydrolysis) is 1. The first-order chi connectivity index (χ1) is 14.2. The summed E-state index contributed by atoms with van der Waals surface area (Å²) in [5, 5.41) is 14.7. The van der Waals surface area contributed by atoms with Gasteiger partial charge in [-0.3, -0.25) is 14.4 Å². The topological polar surface area (TPSA) is 157 Å². The van der Waals surface area contributed by atoms with E-state index in [0.29, 0.717) is 0 Å². The maximum atomic E-state index is 12.1. The number of amides is 3. The number of aliphatic hydroxyl groups is 1. The number of benzene rings is 1. The van der Waals surface area contributed by atoms with Crippen molar-refractivity contribution in [1.29, 1.82) is 0 Å². The molecular weight excluding hydrogens is 394 g/mol. The monoisotopic (exact) mass is 423 g/mol. The lowest BCUT2D eigenvalue weighted by molar-refractivity contribution is -0.148. The van der Waals surface area contributed by atoms with E-state index in [-0.39, 0.29) is 32.6 Å². The van der Waals surface area contributed by atoms with Crippen LogP contribution in [0.2, 0.25) is 0 Å². The minimum atomic E-state index is -1.20. The highest BCUT2D eigenvalue weighted by Crippen LogP contribution is 2.09. The summed E-state index contributed by atoms with van der Waals surface area (Å²) in [6.45, 7) is 3.26. The largest absolute Gasteiger partial charge is 0.466 e. The quantitative estimate of drug-likeness (QED) is 0.350. The van der Waals surface area contributed by atoms with Gasteiger partial charge in [0.2, 0.25) is 11.8 Å². The van der Waals surface area contributed by atoms with Crippen molar-refractivity contribution in [2.24, 2.45) is 11.7 Å². The molecule has 1 aromatic rings. The van der Waals surface area contributed by atoms with Gasteiger partial charge in [0, 0.05) is 6.54 Å². The van der Waals surface area contributed by atoms with Gasteiger partial charge in [-0.1, -0.05) is 37.3 Å². The number of ether oxygens (including phenoxy) is 2. The minimum Gasteiger partial charge on any atom is -0.466 e. The van der Waals surface area contributed by atoms with E-state index in [4.69, 9.17) is 15.2 Å². The lowest BCUT2D eigenvalue weighted by atomic mass is 10.0. The van der Waals surface area contributed by atoms with Gasteiger partial charge in [0.25, 0.3) is 0 Å². The molecule has 0 aromatic heterocycles. The molecule has 0 unspecified atom stereocenters. The van der Waals surface area contributed by atoms with Crippen LogP contribution < -0.4 is 16.4 Å². The van der Waals surface area contributed by atoms with Crippen molar-refractivity contribution >= 4 is 23.9 Å². The van der Waals surface area contributed by atoms with Gasteiger partial charge in [-0.15, -0.1) is 0 Å². The van der Waals surface area contributed by atoms with Crippen LogP contribution in [-0.4, -0.2) is 54.3 Å². The number of rotatable bonds is 12. The van der Waals surface area contributed by atoms with Gasteiger partial charge in [0.1, 0.15) is 12.6 Å². The second kappa shape index (κ2) is 13.2. The first kappa shape index (κ1) is 24.9.